The molecule has 4 heterocycles. The molecule has 0 fully saturated rings. The summed E-state index contributed by atoms with van der Waals surface area (Å²) in [6.07, 6.45) is 1.06. The van der Waals surface area contributed by atoms with E-state index in [1.54, 1.807) is 0 Å². The van der Waals surface area contributed by atoms with Crippen LogP contribution in [-0.2, 0) is 13.0 Å². The molecular formula is C21H22NO4+. The van der Waals surface area contributed by atoms with E-state index in [-0.39, 0.29) is 0 Å². The topological polar surface area (TPSA) is 36.9 Å². The Balaban J connectivity index is 1.53. The lowest BCUT2D eigenvalue weighted by Crippen LogP contribution is -2.54. The van der Waals surface area contributed by atoms with Crippen molar-refractivity contribution in [2.75, 3.05) is 27.2 Å². The zero-order valence-corrected chi connectivity index (χ0v) is 15.1. The van der Waals surface area contributed by atoms with Gasteiger partial charge in [0.05, 0.1) is 19.2 Å². The molecule has 4 aliphatic rings. The smallest absolute Gasteiger partial charge is 0.231 e. The monoisotopic (exact) mass is 352 g/mol. The van der Waals surface area contributed by atoms with Crippen molar-refractivity contribution in [3.8, 4) is 23.0 Å². The molecule has 0 spiro atoms. The summed E-state index contributed by atoms with van der Waals surface area (Å²) >= 11 is 0. The van der Waals surface area contributed by atoms with Crippen LogP contribution in [0.15, 0.2) is 24.3 Å². The molecule has 4 aliphatic heterocycles. The predicted octanol–water partition coefficient (Wildman–Crippen LogP) is 3.51. The summed E-state index contributed by atoms with van der Waals surface area (Å²) in [6.45, 7) is 5.11. The summed E-state index contributed by atoms with van der Waals surface area (Å²) in [5.74, 6) is 4.04. The normalized spacial score (nSPS) is 29.8. The van der Waals surface area contributed by atoms with Crippen LogP contribution in [0, 0.1) is 0 Å². The molecule has 134 valence electrons. The lowest BCUT2D eigenvalue weighted by molar-refractivity contribution is -0.957. The number of quaternary nitrogens is 1. The van der Waals surface area contributed by atoms with Crippen molar-refractivity contribution in [2.45, 2.75) is 31.8 Å². The summed E-state index contributed by atoms with van der Waals surface area (Å²) in [7, 11) is 2.38. The molecule has 2 aromatic carbocycles. The first kappa shape index (κ1) is 14.7. The quantitative estimate of drug-likeness (QED) is 0.680. The van der Waals surface area contributed by atoms with Crippen molar-refractivity contribution in [1.82, 2.24) is 0 Å². The zero-order valence-electron chi connectivity index (χ0n) is 15.1. The molecule has 5 heteroatoms. The van der Waals surface area contributed by atoms with E-state index < -0.39 is 0 Å². The Morgan fingerprint density at radius 3 is 2.58 bits per heavy atom. The van der Waals surface area contributed by atoms with Gasteiger partial charge in [-0.15, -0.1) is 0 Å². The third-order valence-electron chi connectivity index (χ3n) is 6.68. The van der Waals surface area contributed by atoms with Gasteiger partial charge in [-0.1, -0.05) is 13.0 Å². The first-order valence-electron chi connectivity index (χ1n) is 9.32. The van der Waals surface area contributed by atoms with Crippen molar-refractivity contribution >= 4 is 0 Å². The highest BCUT2D eigenvalue weighted by molar-refractivity contribution is 5.56. The molecule has 0 aliphatic carbocycles. The summed E-state index contributed by atoms with van der Waals surface area (Å²) in [6, 6.07) is 9.14. The van der Waals surface area contributed by atoms with Gasteiger partial charge in [0.15, 0.2) is 23.0 Å². The molecule has 5 nitrogen and oxygen atoms in total. The van der Waals surface area contributed by atoms with Crippen molar-refractivity contribution in [3.63, 3.8) is 0 Å². The molecule has 26 heavy (non-hydrogen) atoms. The van der Waals surface area contributed by atoms with E-state index in [0.717, 1.165) is 47.0 Å². The maximum atomic E-state index is 5.83. The van der Waals surface area contributed by atoms with Gasteiger partial charge in [0.2, 0.25) is 13.6 Å². The average molecular weight is 352 g/mol. The Bertz CT molecular complexity index is 940. The van der Waals surface area contributed by atoms with Crippen LogP contribution < -0.4 is 18.9 Å². The number of ether oxygens (including phenoxy) is 4. The molecule has 0 amide bonds. The summed E-state index contributed by atoms with van der Waals surface area (Å²) < 4.78 is 23.7. The van der Waals surface area contributed by atoms with Gasteiger partial charge in [-0.25, -0.2) is 0 Å². The van der Waals surface area contributed by atoms with E-state index in [1.165, 1.54) is 22.3 Å². The van der Waals surface area contributed by atoms with Crippen LogP contribution in [0.4, 0.5) is 0 Å². The molecule has 0 radical (unpaired) electrons. The predicted molar refractivity (Wildman–Crippen MR) is 94.7 cm³/mol. The first-order valence-corrected chi connectivity index (χ1v) is 9.32. The van der Waals surface area contributed by atoms with Gasteiger partial charge in [-0.2, -0.15) is 0 Å². The van der Waals surface area contributed by atoms with Crippen LogP contribution >= 0.6 is 0 Å². The van der Waals surface area contributed by atoms with Gasteiger partial charge in [-0.3, -0.25) is 0 Å². The standard InChI is InChI=1S/C21H22NO4/c1-12-14-3-4-17-21(26-11-23-17)16(14)9-22(2)6-5-13-7-18-19(25-10-24-18)8-15(13)20(12)22/h3-4,7-8,12,20H,5-6,9-11H2,1-2H3/q+1/t12-,20+,22-/m0/s1. The van der Waals surface area contributed by atoms with Crippen molar-refractivity contribution in [1.29, 1.82) is 0 Å². The number of likely N-dealkylation sites (N-methyl/N-ethyl adjacent to an activating group) is 1. The second-order valence-corrected chi connectivity index (χ2v) is 8.12. The maximum Gasteiger partial charge on any atom is 0.231 e. The number of fused-ring (bicyclic) bond motifs is 7. The first-order chi connectivity index (χ1) is 12.6. The van der Waals surface area contributed by atoms with E-state index in [4.69, 9.17) is 18.9 Å². The van der Waals surface area contributed by atoms with Gasteiger partial charge in [0.1, 0.15) is 12.6 Å². The zero-order chi connectivity index (χ0) is 17.5. The number of hydrogen-bond acceptors (Lipinski definition) is 4. The van der Waals surface area contributed by atoms with Crippen LogP contribution in [-0.4, -0.2) is 31.7 Å². The minimum atomic E-state index is 0.330. The SMILES string of the molecule is C[C@H]1c2ccc3c(c2C[N@+]2(C)CCc4cc5c(cc4[C@@H]12)OCO5)OCO3. The van der Waals surface area contributed by atoms with Gasteiger partial charge in [0.25, 0.3) is 0 Å². The molecule has 3 atom stereocenters. The highest BCUT2D eigenvalue weighted by Crippen LogP contribution is 2.54. The molecule has 0 saturated carbocycles. The van der Waals surface area contributed by atoms with Crippen LogP contribution in [0.3, 0.4) is 0 Å². The van der Waals surface area contributed by atoms with Crippen molar-refractivity contribution in [3.05, 3.63) is 46.5 Å². The minimum Gasteiger partial charge on any atom is -0.454 e. The van der Waals surface area contributed by atoms with Gasteiger partial charge >= 0.3 is 0 Å². The molecule has 2 aromatic rings. The average Bonchev–Trinajstić information content (AvgIpc) is 3.28. The number of nitrogens with zero attached hydrogens (tertiary/aromatic N) is 1. The van der Waals surface area contributed by atoms with E-state index in [2.05, 4.69) is 38.2 Å². The number of rotatable bonds is 0. The third kappa shape index (κ3) is 1.79. The molecule has 0 saturated heterocycles. The van der Waals surface area contributed by atoms with Crippen LogP contribution in [0.2, 0.25) is 0 Å². The Morgan fingerprint density at radius 2 is 1.69 bits per heavy atom. The Hall–Kier alpha value is -2.40. The fourth-order valence-corrected chi connectivity index (χ4v) is 5.50. The van der Waals surface area contributed by atoms with Gasteiger partial charge in [-0.05, 0) is 29.3 Å². The highest BCUT2D eigenvalue weighted by atomic mass is 16.7. The molecule has 0 bridgehead atoms. The lowest BCUT2D eigenvalue weighted by atomic mass is 9.75. The number of hydrogen-bond donors (Lipinski definition) is 0. The highest BCUT2D eigenvalue weighted by Gasteiger charge is 2.49. The van der Waals surface area contributed by atoms with E-state index in [1.807, 2.05) is 0 Å². The Labute approximate surface area is 152 Å². The largest absolute Gasteiger partial charge is 0.454 e. The Kier molecular flexibility index (Phi) is 2.75. The second kappa shape index (κ2) is 4.86. The Morgan fingerprint density at radius 1 is 0.923 bits per heavy atom. The van der Waals surface area contributed by atoms with Crippen molar-refractivity contribution in [2.24, 2.45) is 0 Å². The van der Waals surface area contributed by atoms with E-state index in [9.17, 15) is 0 Å². The minimum absolute atomic E-state index is 0.330. The summed E-state index contributed by atoms with van der Waals surface area (Å²) in [4.78, 5) is 0. The lowest BCUT2D eigenvalue weighted by Gasteiger charge is -2.51. The molecule has 0 N–H and O–H groups in total. The fraction of sp³-hybridized carbons (Fsp3) is 0.429. The fourth-order valence-electron chi connectivity index (χ4n) is 5.50. The maximum absolute atomic E-state index is 5.83. The molecular weight excluding hydrogens is 330 g/mol. The van der Waals surface area contributed by atoms with Crippen LogP contribution in [0.5, 0.6) is 23.0 Å². The summed E-state index contributed by atoms with van der Waals surface area (Å²) in [5, 5.41) is 0. The van der Waals surface area contributed by atoms with Crippen LogP contribution in [0.25, 0.3) is 0 Å². The second-order valence-electron chi connectivity index (χ2n) is 8.12. The van der Waals surface area contributed by atoms with E-state index in [0.29, 0.717) is 25.5 Å². The van der Waals surface area contributed by atoms with Gasteiger partial charge in [0, 0.05) is 17.9 Å². The number of benzene rings is 2. The van der Waals surface area contributed by atoms with Gasteiger partial charge < -0.3 is 23.4 Å². The van der Waals surface area contributed by atoms with Crippen LogP contribution in [0.1, 0.15) is 41.1 Å². The molecule has 6 rings (SSSR count). The molecule has 0 aromatic heterocycles. The van der Waals surface area contributed by atoms with E-state index >= 15 is 0 Å². The third-order valence-corrected chi connectivity index (χ3v) is 6.68. The van der Waals surface area contributed by atoms with Crippen molar-refractivity contribution < 1.29 is 23.4 Å². The molecule has 0 unspecified atom stereocenters. The summed E-state index contributed by atoms with van der Waals surface area (Å²) in [5.41, 5.74) is 5.54.